The molecule has 0 unspecified atom stereocenters. The van der Waals surface area contributed by atoms with Crippen molar-refractivity contribution in [3.8, 4) is 5.75 Å². The van der Waals surface area contributed by atoms with E-state index in [2.05, 4.69) is 0 Å². The van der Waals surface area contributed by atoms with Gasteiger partial charge >= 0.3 is 0 Å². The number of aliphatic hydroxyl groups is 2. The standard InChI is InChI=1S/C14H16O3/c1-9(15)14(16)12-4-3-11-8-13(17-2)6-5-10(11)7-12/h3-9,14-16H,1-2H3/t9-,14-/m1/s1. The second-order valence-corrected chi connectivity index (χ2v) is 4.16. The molecule has 17 heavy (non-hydrogen) atoms. The van der Waals surface area contributed by atoms with Crippen LogP contribution in [0.3, 0.4) is 0 Å². The molecule has 2 aromatic carbocycles. The maximum absolute atomic E-state index is 9.78. The summed E-state index contributed by atoms with van der Waals surface area (Å²) in [6.45, 7) is 1.57. The quantitative estimate of drug-likeness (QED) is 0.853. The zero-order valence-electron chi connectivity index (χ0n) is 9.92. The highest BCUT2D eigenvalue weighted by Gasteiger charge is 2.13. The largest absolute Gasteiger partial charge is 0.497 e. The molecule has 0 heterocycles. The van der Waals surface area contributed by atoms with E-state index >= 15 is 0 Å². The van der Waals surface area contributed by atoms with Gasteiger partial charge in [0.2, 0.25) is 0 Å². The molecule has 0 fully saturated rings. The summed E-state index contributed by atoms with van der Waals surface area (Å²) in [5, 5.41) is 21.2. The van der Waals surface area contributed by atoms with Gasteiger partial charge in [-0.15, -0.1) is 0 Å². The van der Waals surface area contributed by atoms with Crippen LogP contribution in [-0.2, 0) is 0 Å². The summed E-state index contributed by atoms with van der Waals surface area (Å²) in [5.74, 6) is 0.807. The van der Waals surface area contributed by atoms with Crippen LogP contribution in [0.15, 0.2) is 36.4 Å². The predicted molar refractivity (Wildman–Crippen MR) is 67.1 cm³/mol. The number of aliphatic hydroxyl groups excluding tert-OH is 2. The molecule has 0 saturated carbocycles. The second kappa shape index (κ2) is 4.73. The van der Waals surface area contributed by atoms with Gasteiger partial charge in [0.1, 0.15) is 11.9 Å². The van der Waals surface area contributed by atoms with Crippen LogP contribution >= 0.6 is 0 Å². The first-order valence-electron chi connectivity index (χ1n) is 5.55. The van der Waals surface area contributed by atoms with Crippen molar-refractivity contribution in [2.24, 2.45) is 0 Å². The first-order valence-corrected chi connectivity index (χ1v) is 5.55. The Morgan fingerprint density at radius 2 is 1.65 bits per heavy atom. The van der Waals surface area contributed by atoms with Crippen LogP contribution in [0.25, 0.3) is 10.8 Å². The Morgan fingerprint density at radius 1 is 1.00 bits per heavy atom. The Balaban J connectivity index is 2.44. The average Bonchev–Trinajstić information content (AvgIpc) is 2.36. The monoisotopic (exact) mass is 232 g/mol. The Morgan fingerprint density at radius 3 is 2.29 bits per heavy atom. The lowest BCUT2D eigenvalue weighted by atomic mass is 10.0. The van der Waals surface area contributed by atoms with E-state index < -0.39 is 12.2 Å². The minimum absolute atomic E-state index is 0.720. The van der Waals surface area contributed by atoms with Crippen molar-refractivity contribution in [2.45, 2.75) is 19.1 Å². The number of rotatable bonds is 3. The minimum atomic E-state index is -0.846. The summed E-state index contributed by atoms with van der Waals surface area (Å²) in [7, 11) is 1.63. The van der Waals surface area contributed by atoms with Crippen molar-refractivity contribution in [2.75, 3.05) is 7.11 Å². The smallest absolute Gasteiger partial charge is 0.119 e. The fourth-order valence-corrected chi connectivity index (χ4v) is 1.83. The zero-order chi connectivity index (χ0) is 12.4. The Kier molecular flexibility index (Phi) is 3.31. The molecule has 0 radical (unpaired) electrons. The number of hydrogen-bond donors (Lipinski definition) is 2. The van der Waals surface area contributed by atoms with Crippen molar-refractivity contribution < 1.29 is 14.9 Å². The van der Waals surface area contributed by atoms with Crippen LogP contribution in [0.5, 0.6) is 5.75 Å². The van der Waals surface area contributed by atoms with Gasteiger partial charge in [-0.2, -0.15) is 0 Å². The first kappa shape index (κ1) is 11.9. The molecule has 2 N–H and O–H groups in total. The highest BCUT2D eigenvalue weighted by Crippen LogP contribution is 2.25. The van der Waals surface area contributed by atoms with Crippen molar-refractivity contribution in [3.63, 3.8) is 0 Å². The van der Waals surface area contributed by atoms with Gasteiger partial charge in [0, 0.05) is 0 Å². The van der Waals surface area contributed by atoms with E-state index in [-0.39, 0.29) is 0 Å². The molecule has 2 aromatic rings. The fraction of sp³-hybridized carbons (Fsp3) is 0.286. The molecule has 0 aliphatic carbocycles. The summed E-state index contributed by atoms with van der Waals surface area (Å²) in [6.07, 6.45) is -1.62. The van der Waals surface area contributed by atoms with Gasteiger partial charge in [-0.05, 0) is 41.5 Å². The molecular formula is C14H16O3. The Labute approximate surface area is 100 Å². The van der Waals surface area contributed by atoms with E-state index in [1.807, 2.05) is 36.4 Å². The molecule has 0 bridgehead atoms. The minimum Gasteiger partial charge on any atom is -0.497 e. The first-order chi connectivity index (χ1) is 8.11. The topological polar surface area (TPSA) is 49.7 Å². The summed E-state index contributed by atoms with van der Waals surface area (Å²) in [5.41, 5.74) is 0.720. The highest BCUT2D eigenvalue weighted by atomic mass is 16.5. The number of benzene rings is 2. The Hall–Kier alpha value is -1.58. The third-order valence-corrected chi connectivity index (χ3v) is 2.87. The van der Waals surface area contributed by atoms with E-state index in [0.717, 1.165) is 22.1 Å². The lowest BCUT2D eigenvalue weighted by Crippen LogP contribution is -2.13. The van der Waals surface area contributed by atoms with Crippen molar-refractivity contribution >= 4 is 10.8 Å². The van der Waals surface area contributed by atoms with Crippen LogP contribution < -0.4 is 4.74 Å². The molecule has 3 nitrogen and oxygen atoms in total. The normalized spacial score (nSPS) is 14.6. The molecule has 0 spiro atoms. The molecular weight excluding hydrogens is 216 g/mol. The molecule has 0 aromatic heterocycles. The van der Waals surface area contributed by atoms with Gasteiger partial charge in [0.15, 0.2) is 0 Å². The SMILES string of the molecule is COc1ccc2cc([C@H](O)[C@@H](C)O)ccc2c1. The average molecular weight is 232 g/mol. The lowest BCUT2D eigenvalue weighted by Gasteiger charge is -2.14. The molecule has 3 heteroatoms. The lowest BCUT2D eigenvalue weighted by molar-refractivity contribution is 0.0306. The molecule has 2 rings (SSSR count). The van der Waals surface area contributed by atoms with E-state index in [0.29, 0.717) is 0 Å². The van der Waals surface area contributed by atoms with Gasteiger partial charge in [0.25, 0.3) is 0 Å². The van der Waals surface area contributed by atoms with Crippen molar-refractivity contribution in [1.82, 2.24) is 0 Å². The third-order valence-electron chi connectivity index (χ3n) is 2.87. The van der Waals surface area contributed by atoms with Crippen LogP contribution in [-0.4, -0.2) is 23.4 Å². The summed E-state index contributed by atoms with van der Waals surface area (Å²) in [6, 6.07) is 11.4. The third kappa shape index (κ3) is 2.40. The van der Waals surface area contributed by atoms with Crippen molar-refractivity contribution in [1.29, 1.82) is 0 Å². The number of methoxy groups -OCH3 is 1. The van der Waals surface area contributed by atoms with Crippen LogP contribution in [0.4, 0.5) is 0 Å². The number of hydrogen-bond acceptors (Lipinski definition) is 3. The van der Waals surface area contributed by atoms with Gasteiger partial charge < -0.3 is 14.9 Å². The molecule has 90 valence electrons. The van der Waals surface area contributed by atoms with Crippen molar-refractivity contribution in [3.05, 3.63) is 42.0 Å². The predicted octanol–water partition coefficient (Wildman–Crippen LogP) is 2.26. The van der Waals surface area contributed by atoms with Crippen LogP contribution in [0.1, 0.15) is 18.6 Å². The maximum Gasteiger partial charge on any atom is 0.119 e. The molecule has 0 aliphatic heterocycles. The number of fused-ring (bicyclic) bond motifs is 1. The van der Waals surface area contributed by atoms with Gasteiger partial charge in [-0.1, -0.05) is 18.2 Å². The van der Waals surface area contributed by atoms with E-state index in [4.69, 9.17) is 4.74 Å². The van der Waals surface area contributed by atoms with Crippen LogP contribution in [0, 0.1) is 0 Å². The molecule has 2 atom stereocenters. The van der Waals surface area contributed by atoms with Gasteiger partial charge in [0.05, 0.1) is 13.2 Å². The van der Waals surface area contributed by atoms with Crippen LogP contribution in [0.2, 0.25) is 0 Å². The summed E-state index contributed by atoms with van der Waals surface area (Å²) >= 11 is 0. The molecule has 0 amide bonds. The zero-order valence-corrected chi connectivity index (χ0v) is 9.92. The molecule has 0 aliphatic rings. The van der Waals surface area contributed by atoms with E-state index in [1.165, 1.54) is 0 Å². The Bertz CT molecular complexity index is 520. The van der Waals surface area contributed by atoms with E-state index in [1.54, 1.807) is 14.0 Å². The second-order valence-electron chi connectivity index (χ2n) is 4.16. The van der Waals surface area contributed by atoms with Gasteiger partial charge in [-0.3, -0.25) is 0 Å². The van der Waals surface area contributed by atoms with Gasteiger partial charge in [-0.25, -0.2) is 0 Å². The van der Waals surface area contributed by atoms with E-state index in [9.17, 15) is 10.2 Å². The fourth-order valence-electron chi connectivity index (χ4n) is 1.83. The maximum atomic E-state index is 9.78. The molecule has 0 saturated heterocycles. The number of ether oxygens (including phenoxy) is 1. The summed E-state index contributed by atoms with van der Waals surface area (Å²) < 4.78 is 5.15. The summed E-state index contributed by atoms with van der Waals surface area (Å²) in [4.78, 5) is 0. The highest BCUT2D eigenvalue weighted by molar-refractivity contribution is 5.84.